The number of aliphatic carboxylic acids is 2. The highest BCUT2D eigenvalue weighted by Crippen LogP contribution is 2.30. The Bertz CT molecular complexity index is 3070. The molecule has 79 heavy (non-hydrogen) atoms. The van der Waals surface area contributed by atoms with Crippen molar-refractivity contribution in [1.29, 1.82) is 0 Å². The van der Waals surface area contributed by atoms with E-state index < -0.39 is 36.5 Å². The Balaban J connectivity index is 0.000000725. The van der Waals surface area contributed by atoms with Gasteiger partial charge in [0, 0.05) is 74.9 Å². The van der Waals surface area contributed by atoms with Crippen LogP contribution < -0.4 is 26.4 Å². The molecule has 1 aliphatic rings. The summed E-state index contributed by atoms with van der Waals surface area (Å²) in [6.45, 7) is 4.26. The van der Waals surface area contributed by atoms with E-state index in [1.54, 1.807) is 36.2 Å². The van der Waals surface area contributed by atoms with E-state index in [0.29, 0.717) is 67.5 Å². The third kappa shape index (κ3) is 19.3. The zero-order chi connectivity index (χ0) is 58.0. The number of rotatable bonds is 17. The van der Waals surface area contributed by atoms with Crippen LogP contribution in [0.15, 0.2) is 126 Å². The number of aliphatic hydroxyl groups excluding tert-OH is 1. The summed E-state index contributed by atoms with van der Waals surface area (Å²) in [6.07, 6.45) is -9.67. The number of pyridine rings is 1. The van der Waals surface area contributed by atoms with Crippen molar-refractivity contribution in [3.8, 4) is 16.9 Å². The molecule has 0 aliphatic carbocycles. The zero-order valence-electron chi connectivity index (χ0n) is 42.5. The minimum atomic E-state index is -5.08. The number of likely N-dealkylation sites (tertiary alicyclic amines) is 1. The Morgan fingerprint density at radius 3 is 2.05 bits per heavy atom. The second-order valence-corrected chi connectivity index (χ2v) is 18.2. The van der Waals surface area contributed by atoms with Crippen molar-refractivity contribution >= 4 is 52.1 Å². The number of carboxylic acid groups (broad SMARTS) is 2. The highest BCUT2D eigenvalue weighted by atomic mass is 19.4. The van der Waals surface area contributed by atoms with Crippen LogP contribution in [0.1, 0.15) is 54.5 Å². The number of piperidine rings is 1. The number of carboxylic acids is 2. The average Bonchev–Trinajstić information content (AvgIpc) is 3.41. The maximum atomic E-state index is 14.9. The number of nitrogens with one attached hydrogen (secondary N) is 4. The number of aromatic hydroxyl groups is 1. The molecule has 6 aromatic rings. The number of para-hydroxylation sites is 1. The minimum Gasteiger partial charge on any atom is -0.506 e. The van der Waals surface area contributed by atoms with Crippen molar-refractivity contribution in [2.24, 2.45) is 0 Å². The minimum absolute atomic E-state index is 0.0332. The van der Waals surface area contributed by atoms with E-state index in [4.69, 9.17) is 24.5 Å². The van der Waals surface area contributed by atoms with Crippen molar-refractivity contribution in [3.05, 3.63) is 160 Å². The first-order valence-electron chi connectivity index (χ1n) is 24.4. The molecule has 17 nitrogen and oxygen atoms in total. The van der Waals surface area contributed by atoms with Gasteiger partial charge in [-0.05, 0) is 90.4 Å². The number of hydrogen-bond acceptors (Lipinski definition) is 11. The summed E-state index contributed by atoms with van der Waals surface area (Å²) in [5, 5.41) is 44.9. The molecule has 8 N–H and O–H groups in total. The van der Waals surface area contributed by atoms with Gasteiger partial charge in [-0.3, -0.25) is 19.7 Å². The maximum Gasteiger partial charge on any atom is 0.490 e. The van der Waals surface area contributed by atoms with Crippen LogP contribution in [0.5, 0.6) is 5.75 Å². The number of anilines is 2. The van der Waals surface area contributed by atoms with Crippen molar-refractivity contribution in [2.75, 3.05) is 43.4 Å². The topological polar surface area (TPSA) is 251 Å². The molecule has 0 saturated carbocycles. The number of aromatic amines is 1. The van der Waals surface area contributed by atoms with Crippen molar-refractivity contribution in [3.63, 3.8) is 0 Å². The Morgan fingerprint density at radius 1 is 0.810 bits per heavy atom. The van der Waals surface area contributed by atoms with E-state index in [1.165, 1.54) is 18.2 Å². The van der Waals surface area contributed by atoms with Gasteiger partial charge in [-0.2, -0.15) is 26.3 Å². The number of carbonyl (C=O) groups excluding carboxylic acids is 3. The molecule has 1 saturated heterocycles. The van der Waals surface area contributed by atoms with Crippen LogP contribution in [0.3, 0.4) is 0 Å². The Kier molecular flexibility index (Phi) is 22.1. The number of hydrogen-bond donors (Lipinski definition) is 8. The van der Waals surface area contributed by atoms with Gasteiger partial charge in [0.25, 0.3) is 0 Å². The number of phenolic OH excluding ortho intramolecular Hbond substituents is 1. The van der Waals surface area contributed by atoms with E-state index in [-0.39, 0.29) is 66.1 Å². The van der Waals surface area contributed by atoms with Crippen LogP contribution >= 0.6 is 0 Å². The summed E-state index contributed by atoms with van der Waals surface area (Å²) in [5.74, 6) is -6.22. The first kappa shape index (κ1) is 61.5. The Morgan fingerprint density at radius 2 is 1.42 bits per heavy atom. The first-order valence-corrected chi connectivity index (χ1v) is 24.4. The molecule has 0 bridgehead atoms. The third-order valence-electron chi connectivity index (χ3n) is 12.3. The maximum absolute atomic E-state index is 14.9. The highest BCUT2D eigenvalue weighted by molar-refractivity contribution is 5.93. The van der Waals surface area contributed by atoms with E-state index in [0.717, 1.165) is 27.9 Å². The molecule has 422 valence electrons. The fourth-order valence-electron chi connectivity index (χ4n) is 8.12. The van der Waals surface area contributed by atoms with Crippen molar-refractivity contribution < 1.29 is 79.9 Å². The quantitative estimate of drug-likeness (QED) is 0.0400. The number of ether oxygens (including phenoxy) is 1. The summed E-state index contributed by atoms with van der Waals surface area (Å²) in [5.41, 5.74) is 5.73. The number of alkyl halides is 6. The average molecular weight is 1110 g/mol. The molecular formula is C55H57F7N6O11. The number of phenols is 1. The standard InChI is InChI=1S/C51H55FN6O7.2C2HF3O2/c1-33(53-32-46(60)41-17-20-45(59)50-42(41)18-21-47(61)56-50)28-37-29-35(14-19-43(37)52)31-54-48(62)30-34-12-15-38(16-13-34)57(2)49(63)24-27-58-25-22-39(23-26-58)65-51(64)55-44-11-7-6-10-40(44)36-8-4-3-5-9-36;2*3-2(4,5)1(6)7/h3-21,29,33,39,46,53,59-60H,22-28,30-32H2,1-2H3,(H,54,62)(H,55,64)(H,56,61);2*(H,6,7)/t33?,46-;;/m0../s1. The van der Waals surface area contributed by atoms with E-state index in [9.17, 15) is 60.1 Å². The summed E-state index contributed by atoms with van der Waals surface area (Å²) < 4.78 is 84.1. The molecule has 2 atom stereocenters. The summed E-state index contributed by atoms with van der Waals surface area (Å²) >= 11 is 0. The molecule has 1 unspecified atom stereocenters. The van der Waals surface area contributed by atoms with Crippen LogP contribution in [0.25, 0.3) is 22.0 Å². The molecule has 3 amide bonds. The number of fused-ring (bicyclic) bond motifs is 1. The lowest BCUT2D eigenvalue weighted by Crippen LogP contribution is -2.40. The molecule has 7 rings (SSSR count). The SMILES string of the molecule is CC(Cc1cc(CNC(=O)Cc2ccc(N(C)C(=O)CCN3CCC(OC(=O)Nc4ccccc4-c4ccccc4)CC3)cc2)ccc1F)NC[C@H](O)c1ccc(O)c2[nH]c(=O)ccc12.O=C(O)C(F)(F)F.O=C(O)C(F)(F)F. The second kappa shape index (κ2) is 28.3. The lowest BCUT2D eigenvalue weighted by atomic mass is 10.0. The van der Waals surface area contributed by atoms with Crippen LogP contribution in [0.4, 0.5) is 46.9 Å². The predicted molar refractivity (Wildman–Crippen MR) is 278 cm³/mol. The normalized spacial score (nSPS) is 13.6. The molecule has 0 radical (unpaired) electrons. The van der Waals surface area contributed by atoms with Crippen molar-refractivity contribution in [1.82, 2.24) is 20.5 Å². The number of benzene rings is 5. The largest absolute Gasteiger partial charge is 0.506 e. The van der Waals surface area contributed by atoms with Gasteiger partial charge in [-0.25, -0.2) is 18.8 Å². The number of nitrogens with zero attached hydrogens (tertiary/aromatic N) is 2. The van der Waals surface area contributed by atoms with Crippen LogP contribution in [0, 0.1) is 5.82 Å². The molecule has 24 heteroatoms. The Labute approximate surface area is 447 Å². The number of amides is 3. The monoisotopic (exact) mass is 1110 g/mol. The Hall–Kier alpha value is -8.35. The summed E-state index contributed by atoms with van der Waals surface area (Å²) in [4.78, 5) is 74.9. The highest BCUT2D eigenvalue weighted by Gasteiger charge is 2.39. The molecule has 1 fully saturated rings. The number of H-pyrrole nitrogens is 1. The van der Waals surface area contributed by atoms with Crippen molar-refractivity contribution in [2.45, 2.75) is 76.2 Å². The van der Waals surface area contributed by atoms with Gasteiger partial charge < -0.3 is 50.6 Å². The molecule has 2 heterocycles. The van der Waals surface area contributed by atoms with Gasteiger partial charge >= 0.3 is 30.4 Å². The van der Waals surface area contributed by atoms with Crippen LogP contribution in [0.2, 0.25) is 0 Å². The fourth-order valence-corrected chi connectivity index (χ4v) is 8.12. The second-order valence-electron chi connectivity index (χ2n) is 18.2. The number of aromatic nitrogens is 1. The zero-order valence-corrected chi connectivity index (χ0v) is 42.5. The van der Waals surface area contributed by atoms with Gasteiger partial charge in [-0.15, -0.1) is 0 Å². The van der Waals surface area contributed by atoms with E-state index in [1.807, 2.05) is 85.8 Å². The van der Waals surface area contributed by atoms with Crippen LogP contribution in [-0.4, -0.2) is 118 Å². The van der Waals surface area contributed by atoms with Gasteiger partial charge in [0.2, 0.25) is 17.4 Å². The first-order chi connectivity index (χ1) is 37.3. The number of halogens is 7. The molecule has 1 aromatic heterocycles. The summed E-state index contributed by atoms with van der Waals surface area (Å²) in [6, 6.07) is 35.2. The van der Waals surface area contributed by atoms with Gasteiger partial charge in [0.05, 0.1) is 23.7 Å². The molecular weight excluding hydrogens is 1050 g/mol. The molecule has 0 spiro atoms. The smallest absolute Gasteiger partial charge is 0.490 e. The number of aliphatic hydroxyl groups is 1. The van der Waals surface area contributed by atoms with E-state index >= 15 is 0 Å². The van der Waals surface area contributed by atoms with Crippen LogP contribution in [-0.2, 0) is 43.3 Å². The molecule has 1 aliphatic heterocycles. The van der Waals surface area contributed by atoms with E-state index in [2.05, 4.69) is 25.8 Å². The van der Waals surface area contributed by atoms with Gasteiger partial charge in [0.1, 0.15) is 17.7 Å². The lowest BCUT2D eigenvalue weighted by Gasteiger charge is -2.31. The van der Waals surface area contributed by atoms with Gasteiger partial charge in [-0.1, -0.05) is 78.9 Å². The summed E-state index contributed by atoms with van der Waals surface area (Å²) in [7, 11) is 1.74. The predicted octanol–water partition coefficient (Wildman–Crippen LogP) is 8.49. The fraction of sp³-hybridized carbons (Fsp3) is 0.309. The number of carbonyl (C=O) groups is 5. The third-order valence-corrected chi connectivity index (χ3v) is 12.3. The molecule has 5 aromatic carbocycles. The van der Waals surface area contributed by atoms with Gasteiger partial charge in [0.15, 0.2) is 0 Å². The lowest BCUT2D eigenvalue weighted by molar-refractivity contribution is -0.193.